The number of rotatable bonds is 4. The van der Waals surface area contributed by atoms with E-state index in [9.17, 15) is 13.2 Å². The Hall–Kier alpha value is -2.74. The quantitative estimate of drug-likeness (QED) is 0.792. The summed E-state index contributed by atoms with van der Waals surface area (Å²) in [6.07, 6.45) is 2.23. The van der Waals surface area contributed by atoms with Crippen LogP contribution in [0, 0.1) is 5.92 Å². The van der Waals surface area contributed by atoms with Gasteiger partial charge in [0.15, 0.2) is 12.4 Å². The Morgan fingerprint density at radius 3 is 2.86 bits per heavy atom. The smallest absolute Gasteiger partial charge is 0.339 e. The number of hydrogen-bond donors (Lipinski definition) is 1. The fraction of sp³-hybridized carbons (Fsp3) is 0.350. The number of hydrogen-bond acceptors (Lipinski definition) is 6. The fourth-order valence-corrected chi connectivity index (χ4v) is 4.55. The van der Waals surface area contributed by atoms with Crippen molar-refractivity contribution >= 4 is 27.4 Å². The van der Waals surface area contributed by atoms with Crippen LogP contribution in [0.2, 0.25) is 0 Å². The number of nitrogens with zero attached hydrogens (tertiary/aromatic N) is 1. The third-order valence-corrected chi connectivity index (χ3v) is 6.17. The summed E-state index contributed by atoms with van der Waals surface area (Å²) in [6, 6.07) is 11.5. The molecular formula is C20H22N2O5S. The van der Waals surface area contributed by atoms with E-state index in [1.807, 2.05) is 12.1 Å². The van der Waals surface area contributed by atoms with E-state index in [4.69, 9.17) is 8.92 Å². The maximum Gasteiger partial charge on any atom is 0.339 e. The molecule has 1 N–H and O–H groups in total. The molecular weight excluding hydrogens is 380 g/mol. The topological polar surface area (TPSA) is 84.9 Å². The van der Waals surface area contributed by atoms with Crippen LogP contribution in [0.4, 0.5) is 11.4 Å². The van der Waals surface area contributed by atoms with Gasteiger partial charge in [0.1, 0.15) is 10.6 Å². The molecule has 2 aromatic rings. The Labute approximate surface area is 164 Å². The van der Waals surface area contributed by atoms with E-state index in [0.29, 0.717) is 23.1 Å². The minimum atomic E-state index is -4.07. The zero-order valence-electron chi connectivity index (χ0n) is 15.6. The Bertz CT molecular complexity index is 1010. The van der Waals surface area contributed by atoms with Crippen LogP contribution in [0.1, 0.15) is 19.8 Å². The number of ether oxygens (including phenoxy) is 1. The van der Waals surface area contributed by atoms with Gasteiger partial charge in [0, 0.05) is 13.1 Å². The lowest BCUT2D eigenvalue weighted by molar-refractivity contribution is -0.118. The highest BCUT2D eigenvalue weighted by Gasteiger charge is 2.25. The minimum absolute atomic E-state index is 0.0427. The Kier molecular flexibility index (Phi) is 4.89. The first-order valence-corrected chi connectivity index (χ1v) is 10.7. The molecule has 0 aliphatic carbocycles. The van der Waals surface area contributed by atoms with E-state index >= 15 is 0 Å². The van der Waals surface area contributed by atoms with Gasteiger partial charge in [0.25, 0.3) is 5.91 Å². The fourth-order valence-electron chi connectivity index (χ4n) is 3.58. The van der Waals surface area contributed by atoms with E-state index in [-0.39, 0.29) is 17.4 Å². The van der Waals surface area contributed by atoms with Gasteiger partial charge in [-0.1, -0.05) is 19.1 Å². The van der Waals surface area contributed by atoms with Crippen molar-refractivity contribution in [1.29, 1.82) is 0 Å². The number of carbonyl (C=O) groups excluding carboxylic acids is 1. The molecule has 28 heavy (non-hydrogen) atoms. The molecule has 1 fully saturated rings. The summed E-state index contributed by atoms with van der Waals surface area (Å²) in [6.45, 7) is 3.84. The van der Waals surface area contributed by atoms with Crippen LogP contribution in [-0.4, -0.2) is 34.0 Å². The molecule has 2 heterocycles. The molecule has 1 amide bonds. The van der Waals surface area contributed by atoms with Crippen LogP contribution in [0.5, 0.6) is 11.5 Å². The second-order valence-corrected chi connectivity index (χ2v) is 8.74. The van der Waals surface area contributed by atoms with Gasteiger partial charge in [-0.25, -0.2) is 0 Å². The highest BCUT2D eigenvalue weighted by Crippen LogP contribution is 2.35. The molecule has 7 nitrogen and oxygen atoms in total. The zero-order valence-corrected chi connectivity index (χ0v) is 16.4. The molecule has 2 aliphatic rings. The van der Waals surface area contributed by atoms with Crippen LogP contribution < -0.4 is 19.1 Å². The van der Waals surface area contributed by atoms with E-state index in [1.165, 1.54) is 24.6 Å². The predicted molar refractivity (Wildman–Crippen MR) is 105 cm³/mol. The maximum absolute atomic E-state index is 12.9. The van der Waals surface area contributed by atoms with Crippen molar-refractivity contribution in [3.63, 3.8) is 0 Å². The molecule has 1 atom stereocenters. The highest BCUT2D eigenvalue weighted by atomic mass is 32.2. The minimum Gasteiger partial charge on any atom is -0.482 e. The second-order valence-electron chi connectivity index (χ2n) is 7.19. The molecule has 0 unspecified atom stereocenters. The summed E-state index contributed by atoms with van der Waals surface area (Å²) < 4.78 is 36.5. The Balaban J connectivity index is 1.62. The normalized spacial score (nSPS) is 19.4. The monoisotopic (exact) mass is 402 g/mol. The van der Waals surface area contributed by atoms with Crippen LogP contribution in [0.25, 0.3) is 0 Å². The van der Waals surface area contributed by atoms with Gasteiger partial charge in [-0.05, 0) is 49.1 Å². The highest BCUT2D eigenvalue weighted by molar-refractivity contribution is 7.87. The first-order chi connectivity index (χ1) is 13.4. The molecule has 0 spiro atoms. The summed E-state index contributed by atoms with van der Waals surface area (Å²) in [7, 11) is -4.07. The van der Waals surface area contributed by atoms with Gasteiger partial charge in [-0.2, -0.15) is 8.42 Å². The third-order valence-electron chi connectivity index (χ3n) is 4.94. The number of amides is 1. The summed E-state index contributed by atoms with van der Waals surface area (Å²) in [5.74, 6) is 0.950. The molecule has 0 radical (unpaired) electrons. The third kappa shape index (κ3) is 3.77. The predicted octanol–water partition coefficient (Wildman–Crippen LogP) is 3.02. The molecule has 0 aromatic heterocycles. The lowest BCUT2D eigenvalue weighted by Gasteiger charge is -2.33. The SMILES string of the molecule is C[C@H]1CCCN(c2ccccc2OS(=O)(=O)c2ccc3c(c2)NC(=O)CO3)C1. The molecule has 0 saturated carbocycles. The largest absolute Gasteiger partial charge is 0.482 e. The summed E-state index contributed by atoms with van der Waals surface area (Å²) >= 11 is 0. The number of nitrogens with one attached hydrogen (secondary N) is 1. The Morgan fingerprint density at radius 1 is 1.21 bits per heavy atom. The Morgan fingerprint density at radius 2 is 2.04 bits per heavy atom. The molecule has 8 heteroatoms. The second kappa shape index (κ2) is 7.35. The van der Waals surface area contributed by atoms with Gasteiger partial charge in [-0.3, -0.25) is 4.79 Å². The summed E-state index contributed by atoms with van der Waals surface area (Å²) in [5, 5.41) is 2.61. The van der Waals surface area contributed by atoms with Crippen molar-refractivity contribution in [2.45, 2.75) is 24.7 Å². The van der Waals surface area contributed by atoms with Gasteiger partial charge in [0.2, 0.25) is 0 Å². The lowest BCUT2D eigenvalue weighted by atomic mass is 10.00. The van der Waals surface area contributed by atoms with Gasteiger partial charge in [-0.15, -0.1) is 0 Å². The number of fused-ring (bicyclic) bond motifs is 1. The van der Waals surface area contributed by atoms with Crippen LogP contribution >= 0.6 is 0 Å². The molecule has 4 rings (SSSR count). The standard InChI is InChI=1S/C20H22N2O5S/c1-14-5-4-10-22(12-14)17-6-2-3-7-19(17)27-28(24,25)15-8-9-18-16(11-15)21-20(23)13-26-18/h2-3,6-9,11,14H,4-5,10,12-13H2,1H3,(H,21,23)/t14-/m0/s1. The summed E-state index contributed by atoms with van der Waals surface area (Å²) in [5.41, 5.74) is 1.09. The molecule has 2 aliphatic heterocycles. The van der Waals surface area contributed by atoms with Gasteiger partial charge < -0.3 is 19.1 Å². The number of para-hydroxylation sites is 2. The van der Waals surface area contributed by atoms with Crippen molar-refractivity contribution in [1.82, 2.24) is 0 Å². The number of carbonyl (C=O) groups is 1. The van der Waals surface area contributed by atoms with Crippen LogP contribution in [0.15, 0.2) is 47.4 Å². The zero-order chi connectivity index (χ0) is 19.7. The lowest BCUT2D eigenvalue weighted by Crippen LogP contribution is -2.34. The van der Waals surface area contributed by atoms with Gasteiger partial charge >= 0.3 is 10.1 Å². The number of benzene rings is 2. The number of piperidine rings is 1. The average Bonchev–Trinajstić information content (AvgIpc) is 2.67. The van der Waals surface area contributed by atoms with Crippen molar-refractivity contribution in [2.24, 2.45) is 5.92 Å². The van der Waals surface area contributed by atoms with E-state index in [0.717, 1.165) is 25.2 Å². The first-order valence-electron chi connectivity index (χ1n) is 9.27. The average molecular weight is 402 g/mol. The van der Waals surface area contributed by atoms with E-state index < -0.39 is 10.1 Å². The first kappa shape index (κ1) is 18.6. The van der Waals surface area contributed by atoms with Crippen LogP contribution in [0.3, 0.4) is 0 Å². The van der Waals surface area contributed by atoms with Gasteiger partial charge in [0.05, 0.1) is 11.4 Å². The van der Waals surface area contributed by atoms with E-state index in [2.05, 4.69) is 17.1 Å². The van der Waals surface area contributed by atoms with Crippen molar-refractivity contribution in [3.8, 4) is 11.5 Å². The molecule has 0 bridgehead atoms. The number of anilines is 2. The van der Waals surface area contributed by atoms with Crippen molar-refractivity contribution < 1.29 is 22.1 Å². The molecule has 1 saturated heterocycles. The van der Waals surface area contributed by atoms with E-state index in [1.54, 1.807) is 12.1 Å². The molecule has 148 valence electrons. The van der Waals surface area contributed by atoms with Crippen molar-refractivity contribution in [2.75, 3.05) is 29.9 Å². The summed E-state index contributed by atoms with van der Waals surface area (Å²) in [4.78, 5) is 13.6. The van der Waals surface area contributed by atoms with Crippen molar-refractivity contribution in [3.05, 3.63) is 42.5 Å². The molecule has 2 aromatic carbocycles. The van der Waals surface area contributed by atoms with Crippen LogP contribution in [-0.2, 0) is 14.9 Å². The maximum atomic E-state index is 12.9.